The molecule has 7 heteroatoms. The zero-order valence-corrected chi connectivity index (χ0v) is 15.8. The average Bonchev–Trinajstić information content (AvgIpc) is 2.73. The summed E-state index contributed by atoms with van der Waals surface area (Å²) in [6.07, 6.45) is 0.715. The van der Waals surface area contributed by atoms with Crippen LogP contribution in [0.4, 0.5) is 4.79 Å². The second-order valence-corrected chi connectivity index (χ2v) is 6.37. The van der Waals surface area contributed by atoms with Crippen molar-refractivity contribution in [3.05, 3.63) is 59.7 Å². The Hall–Kier alpha value is -3.22. The van der Waals surface area contributed by atoms with E-state index in [4.69, 9.17) is 14.2 Å². The molecule has 0 fully saturated rings. The second kappa shape index (κ2) is 9.64. The summed E-state index contributed by atoms with van der Waals surface area (Å²) in [5.41, 5.74) is 1.88. The second-order valence-electron chi connectivity index (χ2n) is 6.37. The quantitative estimate of drug-likeness (QED) is 0.717. The van der Waals surface area contributed by atoms with Crippen LogP contribution < -0.4 is 20.1 Å². The van der Waals surface area contributed by atoms with Gasteiger partial charge in [-0.1, -0.05) is 36.4 Å². The molecule has 0 bridgehead atoms. The van der Waals surface area contributed by atoms with Crippen LogP contribution in [0.25, 0.3) is 0 Å². The first-order valence-corrected chi connectivity index (χ1v) is 9.20. The molecule has 0 spiro atoms. The summed E-state index contributed by atoms with van der Waals surface area (Å²) < 4.78 is 15.8. The van der Waals surface area contributed by atoms with E-state index in [1.807, 2.05) is 48.5 Å². The summed E-state index contributed by atoms with van der Waals surface area (Å²) in [6.45, 7) is 1.55. The van der Waals surface area contributed by atoms with Gasteiger partial charge in [0.2, 0.25) is 0 Å². The number of esters is 1. The Morgan fingerprint density at radius 2 is 1.82 bits per heavy atom. The van der Waals surface area contributed by atoms with Gasteiger partial charge in [-0.3, -0.25) is 4.79 Å². The molecule has 0 aromatic heterocycles. The number of methoxy groups -OCH3 is 1. The normalized spacial score (nSPS) is 13.3. The van der Waals surface area contributed by atoms with Gasteiger partial charge < -0.3 is 24.8 Å². The number of carbonyl (C=O) groups is 2. The van der Waals surface area contributed by atoms with Crippen molar-refractivity contribution >= 4 is 12.0 Å². The van der Waals surface area contributed by atoms with Crippen molar-refractivity contribution in [3.8, 4) is 11.5 Å². The summed E-state index contributed by atoms with van der Waals surface area (Å²) in [7, 11) is 1.33. The number of amides is 2. The van der Waals surface area contributed by atoms with Crippen LogP contribution in [0.1, 0.15) is 23.6 Å². The van der Waals surface area contributed by atoms with Gasteiger partial charge in [-0.25, -0.2) is 4.79 Å². The van der Waals surface area contributed by atoms with Crippen LogP contribution in [0.15, 0.2) is 48.5 Å². The molecule has 3 rings (SSSR count). The minimum Gasteiger partial charge on any atom is -0.486 e. The molecule has 0 saturated carbocycles. The Kier molecular flexibility index (Phi) is 6.73. The Labute approximate surface area is 164 Å². The van der Waals surface area contributed by atoms with Crippen LogP contribution in [0.5, 0.6) is 11.5 Å². The average molecular weight is 384 g/mol. The van der Waals surface area contributed by atoms with Crippen molar-refractivity contribution in [2.75, 3.05) is 26.9 Å². The van der Waals surface area contributed by atoms with Crippen molar-refractivity contribution in [1.82, 2.24) is 10.6 Å². The molecule has 28 heavy (non-hydrogen) atoms. The molecule has 148 valence electrons. The minimum atomic E-state index is -0.456. The summed E-state index contributed by atoms with van der Waals surface area (Å²) in [5.74, 6) is 1.09. The molecular weight excluding hydrogens is 360 g/mol. The maximum atomic E-state index is 12.3. The number of hydrogen-bond acceptors (Lipinski definition) is 5. The number of fused-ring (bicyclic) bond motifs is 1. The Bertz CT molecular complexity index is 810. The number of ether oxygens (including phenoxy) is 3. The number of carbonyl (C=O) groups excluding carboxylic acids is 2. The van der Waals surface area contributed by atoms with Crippen molar-refractivity contribution in [3.63, 3.8) is 0 Å². The van der Waals surface area contributed by atoms with Gasteiger partial charge >= 0.3 is 12.0 Å². The summed E-state index contributed by atoms with van der Waals surface area (Å²) in [6, 6.07) is 14.3. The molecule has 0 saturated heterocycles. The van der Waals surface area contributed by atoms with E-state index in [2.05, 4.69) is 10.6 Å². The van der Waals surface area contributed by atoms with Gasteiger partial charge in [-0.15, -0.1) is 0 Å². The number of hydrogen-bond donors (Lipinski definition) is 2. The minimum absolute atomic E-state index is 0.0656. The standard InChI is InChI=1S/C21H24N2O5/c1-26-20(24)14-17(16-5-3-2-4-6-16)23-21(25)22-10-9-15-7-8-18-19(13-15)28-12-11-27-18/h2-8,13,17H,9-12,14H2,1H3,(H2,22,23,25)/t17-/m0/s1. The first-order valence-electron chi connectivity index (χ1n) is 9.20. The molecule has 2 N–H and O–H groups in total. The summed E-state index contributed by atoms with van der Waals surface area (Å²) in [4.78, 5) is 24.0. The number of nitrogens with one attached hydrogen (secondary N) is 2. The Balaban J connectivity index is 1.52. The molecule has 1 aliphatic heterocycles. The fourth-order valence-electron chi connectivity index (χ4n) is 2.96. The predicted octanol–water partition coefficient (Wildman–Crippen LogP) is 2.60. The molecule has 1 heterocycles. The van der Waals surface area contributed by atoms with Crippen LogP contribution in [0, 0.1) is 0 Å². The lowest BCUT2D eigenvalue weighted by Crippen LogP contribution is -2.39. The smallest absolute Gasteiger partial charge is 0.315 e. The molecule has 2 aromatic rings. The van der Waals surface area contributed by atoms with E-state index in [-0.39, 0.29) is 18.4 Å². The van der Waals surface area contributed by atoms with Crippen LogP contribution in [-0.4, -0.2) is 38.9 Å². The highest BCUT2D eigenvalue weighted by atomic mass is 16.6. The lowest BCUT2D eigenvalue weighted by Gasteiger charge is -2.19. The van der Waals surface area contributed by atoms with Crippen LogP contribution in [-0.2, 0) is 16.0 Å². The van der Waals surface area contributed by atoms with Gasteiger partial charge in [0.25, 0.3) is 0 Å². The first kappa shape index (κ1) is 19.5. The molecule has 1 atom stereocenters. The van der Waals surface area contributed by atoms with E-state index >= 15 is 0 Å². The SMILES string of the molecule is COC(=O)C[C@H](NC(=O)NCCc1ccc2c(c1)OCCO2)c1ccccc1. The number of rotatable bonds is 7. The molecular formula is C21H24N2O5. The molecule has 2 aromatic carbocycles. The van der Waals surface area contributed by atoms with Crippen LogP contribution >= 0.6 is 0 Å². The maximum Gasteiger partial charge on any atom is 0.315 e. The molecule has 7 nitrogen and oxygen atoms in total. The van der Waals surface area contributed by atoms with E-state index in [0.29, 0.717) is 26.2 Å². The number of urea groups is 1. The van der Waals surface area contributed by atoms with E-state index in [9.17, 15) is 9.59 Å². The van der Waals surface area contributed by atoms with E-state index < -0.39 is 6.04 Å². The third-order valence-corrected chi connectivity index (χ3v) is 4.41. The molecule has 1 aliphatic rings. The predicted molar refractivity (Wildman–Crippen MR) is 103 cm³/mol. The molecule has 0 unspecified atom stereocenters. The lowest BCUT2D eigenvalue weighted by molar-refractivity contribution is -0.141. The Morgan fingerprint density at radius 1 is 1.07 bits per heavy atom. The third kappa shape index (κ3) is 5.39. The van der Waals surface area contributed by atoms with Crippen LogP contribution in [0.2, 0.25) is 0 Å². The topological polar surface area (TPSA) is 85.9 Å². The maximum absolute atomic E-state index is 12.3. The van der Waals surface area contributed by atoms with E-state index in [1.54, 1.807) is 0 Å². The fraction of sp³-hybridized carbons (Fsp3) is 0.333. The van der Waals surface area contributed by atoms with E-state index in [1.165, 1.54) is 7.11 Å². The van der Waals surface area contributed by atoms with Crippen molar-refractivity contribution < 1.29 is 23.8 Å². The monoisotopic (exact) mass is 384 g/mol. The largest absolute Gasteiger partial charge is 0.486 e. The van der Waals surface area contributed by atoms with Gasteiger partial charge in [-0.05, 0) is 29.7 Å². The van der Waals surface area contributed by atoms with Crippen LogP contribution in [0.3, 0.4) is 0 Å². The van der Waals surface area contributed by atoms with E-state index in [0.717, 1.165) is 22.6 Å². The third-order valence-electron chi connectivity index (χ3n) is 4.41. The summed E-state index contributed by atoms with van der Waals surface area (Å²) >= 11 is 0. The highest BCUT2D eigenvalue weighted by molar-refractivity contribution is 5.76. The molecule has 0 aliphatic carbocycles. The molecule has 2 amide bonds. The number of benzene rings is 2. The van der Waals surface area contributed by atoms with Crippen molar-refractivity contribution in [1.29, 1.82) is 0 Å². The van der Waals surface area contributed by atoms with Crippen molar-refractivity contribution in [2.24, 2.45) is 0 Å². The fourth-order valence-corrected chi connectivity index (χ4v) is 2.96. The lowest BCUT2D eigenvalue weighted by atomic mass is 10.0. The van der Waals surface area contributed by atoms with Gasteiger partial charge in [0.05, 0.1) is 19.6 Å². The zero-order valence-electron chi connectivity index (χ0n) is 15.8. The van der Waals surface area contributed by atoms with Gasteiger partial charge in [0.15, 0.2) is 11.5 Å². The van der Waals surface area contributed by atoms with Crippen molar-refractivity contribution in [2.45, 2.75) is 18.9 Å². The van der Waals surface area contributed by atoms with Gasteiger partial charge in [-0.2, -0.15) is 0 Å². The highest BCUT2D eigenvalue weighted by Gasteiger charge is 2.18. The Morgan fingerprint density at radius 3 is 2.57 bits per heavy atom. The zero-order chi connectivity index (χ0) is 19.8. The highest BCUT2D eigenvalue weighted by Crippen LogP contribution is 2.30. The first-order chi connectivity index (χ1) is 13.7. The molecule has 0 radical (unpaired) electrons. The van der Waals surface area contributed by atoms with Gasteiger partial charge in [0.1, 0.15) is 13.2 Å². The summed E-state index contributed by atoms with van der Waals surface area (Å²) in [5, 5.41) is 5.67. The van der Waals surface area contributed by atoms with Gasteiger partial charge in [0, 0.05) is 6.54 Å².